The fourth-order valence-electron chi connectivity index (χ4n) is 2.18. The summed E-state index contributed by atoms with van der Waals surface area (Å²) in [5, 5.41) is 8.59. The van der Waals surface area contributed by atoms with Crippen LogP contribution >= 0.6 is 35.3 Å². The van der Waals surface area contributed by atoms with E-state index in [4.69, 9.17) is 4.74 Å². The summed E-state index contributed by atoms with van der Waals surface area (Å²) in [7, 11) is 1.73. The van der Waals surface area contributed by atoms with Crippen molar-refractivity contribution in [3.63, 3.8) is 0 Å². The molecule has 1 aromatic heterocycles. The van der Waals surface area contributed by atoms with Crippen molar-refractivity contribution < 1.29 is 9.13 Å². The van der Waals surface area contributed by atoms with Crippen LogP contribution in [0.1, 0.15) is 24.6 Å². The quantitative estimate of drug-likeness (QED) is 0.356. The zero-order chi connectivity index (χ0) is 17.4. The number of nitrogens with one attached hydrogen (secondary N) is 2. The summed E-state index contributed by atoms with van der Waals surface area (Å²) in [4.78, 5) is 5.55. The van der Waals surface area contributed by atoms with Gasteiger partial charge in [0.1, 0.15) is 6.10 Å². The van der Waals surface area contributed by atoms with E-state index >= 15 is 0 Å². The molecule has 1 heterocycles. The van der Waals surface area contributed by atoms with Gasteiger partial charge in [-0.2, -0.15) is 0 Å². The molecule has 2 atom stereocenters. The van der Waals surface area contributed by atoms with E-state index in [2.05, 4.69) is 40.1 Å². The summed E-state index contributed by atoms with van der Waals surface area (Å²) in [5.74, 6) is 1.04. The summed E-state index contributed by atoms with van der Waals surface area (Å²) in [5.41, 5.74) is 0. The number of benzene rings is 1. The smallest absolute Gasteiger partial charge is 0.191 e. The fourth-order valence-corrected chi connectivity index (χ4v) is 2.97. The lowest BCUT2D eigenvalue weighted by Crippen LogP contribution is -2.42. The van der Waals surface area contributed by atoms with Gasteiger partial charge in [0, 0.05) is 24.4 Å². The molecule has 0 aliphatic heterocycles. The number of hydrogen-bond donors (Lipinski definition) is 2. The van der Waals surface area contributed by atoms with E-state index in [1.165, 1.54) is 10.9 Å². The van der Waals surface area contributed by atoms with Crippen LogP contribution in [-0.2, 0) is 0 Å². The topological polar surface area (TPSA) is 45.7 Å². The predicted molar refractivity (Wildman–Crippen MR) is 114 cm³/mol. The zero-order valence-electron chi connectivity index (χ0n) is 14.7. The molecule has 7 heteroatoms. The molecule has 0 fully saturated rings. The Bertz CT molecular complexity index is 652. The van der Waals surface area contributed by atoms with Gasteiger partial charge in [0.2, 0.25) is 0 Å². The molecule has 25 heavy (non-hydrogen) atoms. The second kappa shape index (κ2) is 11.3. The van der Waals surface area contributed by atoms with Crippen LogP contribution in [0.4, 0.5) is 4.39 Å². The van der Waals surface area contributed by atoms with Crippen molar-refractivity contribution in [2.75, 3.05) is 20.1 Å². The van der Waals surface area contributed by atoms with Gasteiger partial charge in [-0.1, -0.05) is 25.1 Å². The van der Waals surface area contributed by atoms with Crippen molar-refractivity contribution in [3.8, 4) is 5.75 Å². The van der Waals surface area contributed by atoms with Gasteiger partial charge in [0.25, 0.3) is 0 Å². The third kappa shape index (κ3) is 7.19. The van der Waals surface area contributed by atoms with Gasteiger partial charge in [-0.05, 0) is 30.5 Å². The molecule has 0 aliphatic carbocycles. The van der Waals surface area contributed by atoms with Crippen LogP contribution in [0.5, 0.6) is 5.75 Å². The molecule has 1 aromatic carbocycles. The highest BCUT2D eigenvalue weighted by molar-refractivity contribution is 14.0. The van der Waals surface area contributed by atoms with Crippen molar-refractivity contribution in [2.24, 2.45) is 4.99 Å². The molecule has 0 spiro atoms. The third-order valence-corrected chi connectivity index (χ3v) is 4.65. The van der Waals surface area contributed by atoms with Gasteiger partial charge in [-0.25, -0.2) is 4.39 Å². The van der Waals surface area contributed by atoms with Crippen LogP contribution in [0.3, 0.4) is 0 Å². The number of nitrogens with zero attached hydrogens (tertiary/aromatic N) is 1. The van der Waals surface area contributed by atoms with E-state index in [9.17, 15) is 4.39 Å². The number of halogens is 2. The van der Waals surface area contributed by atoms with Gasteiger partial charge in [-0.3, -0.25) is 4.99 Å². The summed E-state index contributed by atoms with van der Waals surface area (Å²) in [6, 6.07) is 10.6. The van der Waals surface area contributed by atoms with Crippen molar-refractivity contribution in [3.05, 3.63) is 52.5 Å². The summed E-state index contributed by atoms with van der Waals surface area (Å²) < 4.78 is 19.2. The van der Waals surface area contributed by atoms with Crippen LogP contribution < -0.4 is 15.4 Å². The van der Waals surface area contributed by atoms with Crippen LogP contribution in [0.2, 0.25) is 0 Å². The van der Waals surface area contributed by atoms with Crippen LogP contribution in [0.25, 0.3) is 0 Å². The molecule has 2 rings (SSSR count). The van der Waals surface area contributed by atoms with Crippen molar-refractivity contribution in [2.45, 2.75) is 25.9 Å². The summed E-state index contributed by atoms with van der Waals surface area (Å²) in [6.45, 7) is 5.39. The molecule has 138 valence electrons. The largest absolute Gasteiger partial charge is 0.486 e. The van der Waals surface area contributed by atoms with E-state index < -0.39 is 0 Å². The third-order valence-electron chi connectivity index (χ3n) is 3.55. The monoisotopic (exact) mass is 477 g/mol. The van der Waals surface area contributed by atoms with Gasteiger partial charge in [-0.15, -0.1) is 35.3 Å². The molecule has 0 saturated heterocycles. The zero-order valence-corrected chi connectivity index (χ0v) is 17.8. The summed E-state index contributed by atoms with van der Waals surface area (Å²) >= 11 is 1.76. The first-order valence-electron chi connectivity index (χ1n) is 7.99. The van der Waals surface area contributed by atoms with Crippen LogP contribution in [-0.4, -0.2) is 32.2 Å². The second-order valence-electron chi connectivity index (χ2n) is 5.61. The lowest BCUT2D eigenvalue weighted by Gasteiger charge is -2.19. The molecule has 0 amide bonds. The van der Waals surface area contributed by atoms with Gasteiger partial charge in [0.15, 0.2) is 17.5 Å². The first-order chi connectivity index (χ1) is 11.6. The molecule has 2 unspecified atom stereocenters. The van der Waals surface area contributed by atoms with Crippen molar-refractivity contribution in [1.29, 1.82) is 0 Å². The molecule has 2 N–H and O–H groups in total. The normalized spacial score (nSPS) is 13.5. The number of aliphatic imine (C=N–C) groups is 1. The molecule has 0 radical (unpaired) electrons. The Hall–Kier alpha value is -1.35. The molecule has 2 aromatic rings. The highest BCUT2D eigenvalue weighted by atomic mass is 127. The Labute approximate surface area is 169 Å². The Morgan fingerprint density at radius 3 is 2.52 bits per heavy atom. The predicted octanol–water partition coefficient (Wildman–Crippen LogP) is 4.24. The van der Waals surface area contributed by atoms with E-state index in [-0.39, 0.29) is 41.6 Å². The van der Waals surface area contributed by atoms with Crippen LogP contribution in [0.15, 0.2) is 46.8 Å². The number of rotatable bonds is 7. The first-order valence-corrected chi connectivity index (χ1v) is 8.87. The Morgan fingerprint density at radius 1 is 1.16 bits per heavy atom. The minimum Gasteiger partial charge on any atom is -0.486 e. The molecule has 0 saturated carbocycles. The number of thiophene rings is 1. The maximum Gasteiger partial charge on any atom is 0.191 e. The van der Waals surface area contributed by atoms with E-state index in [1.54, 1.807) is 36.6 Å². The number of hydrogen-bond acceptors (Lipinski definition) is 3. The first kappa shape index (κ1) is 21.7. The SMILES string of the molecule is CN=C(NCC(C)Oc1ccccc1F)NCC(C)c1cccs1.I. The Balaban J connectivity index is 0.00000312. The second-order valence-corrected chi connectivity index (χ2v) is 6.59. The fraction of sp³-hybridized carbons (Fsp3) is 0.389. The van der Waals surface area contributed by atoms with Crippen LogP contribution in [0, 0.1) is 5.82 Å². The number of guanidine groups is 1. The van der Waals surface area contributed by atoms with Gasteiger partial charge >= 0.3 is 0 Å². The average molecular weight is 477 g/mol. The summed E-state index contributed by atoms with van der Waals surface area (Å²) in [6.07, 6.45) is -0.185. The van der Waals surface area contributed by atoms with E-state index in [0.717, 1.165) is 6.54 Å². The van der Waals surface area contributed by atoms with Gasteiger partial charge in [0.05, 0.1) is 6.54 Å². The minimum absolute atomic E-state index is 0. The van der Waals surface area contributed by atoms with E-state index in [1.807, 2.05) is 6.92 Å². The maximum atomic E-state index is 13.6. The highest BCUT2D eigenvalue weighted by Gasteiger charge is 2.10. The average Bonchev–Trinajstić information content (AvgIpc) is 3.11. The number of ether oxygens (including phenoxy) is 1. The Kier molecular flexibility index (Phi) is 9.81. The Morgan fingerprint density at radius 2 is 1.88 bits per heavy atom. The van der Waals surface area contributed by atoms with Crippen molar-refractivity contribution >= 4 is 41.3 Å². The highest BCUT2D eigenvalue weighted by Crippen LogP contribution is 2.19. The van der Waals surface area contributed by atoms with Crippen molar-refractivity contribution in [1.82, 2.24) is 10.6 Å². The number of para-hydroxylation sites is 1. The minimum atomic E-state index is -0.350. The molecule has 0 aliphatic rings. The molecule has 0 bridgehead atoms. The van der Waals surface area contributed by atoms with E-state index in [0.29, 0.717) is 18.4 Å². The standard InChI is InChI=1S/C18H24FN3OS.HI/c1-13(17-9-6-10-24-17)11-21-18(20-3)22-12-14(2)23-16-8-5-4-7-15(16)19;/h4-10,13-14H,11-12H2,1-3H3,(H2,20,21,22);1H. The molecule has 4 nitrogen and oxygen atoms in total. The maximum absolute atomic E-state index is 13.6. The lowest BCUT2D eigenvalue weighted by atomic mass is 10.1. The molecular formula is C18H25FIN3OS. The van der Waals surface area contributed by atoms with Gasteiger partial charge < -0.3 is 15.4 Å². The molecular weight excluding hydrogens is 452 g/mol. The lowest BCUT2D eigenvalue weighted by molar-refractivity contribution is 0.214.